The number of nitrogens with zero attached hydrogens (tertiary/aromatic N) is 1. The van der Waals surface area contributed by atoms with Gasteiger partial charge in [0.2, 0.25) is 5.91 Å². The number of anilines is 2. The lowest BCUT2D eigenvalue weighted by Crippen LogP contribution is -2.24. The van der Waals surface area contributed by atoms with Crippen LogP contribution in [0.4, 0.5) is 11.4 Å². The van der Waals surface area contributed by atoms with Crippen LogP contribution in [0.3, 0.4) is 0 Å². The van der Waals surface area contributed by atoms with Crippen molar-refractivity contribution in [1.82, 2.24) is 0 Å². The third kappa shape index (κ3) is 3.74. The fourth-order valence-corrected chi connectivity index (χ4v) is 1.73. The van der Waals surface area contributed by atoms with Crippen LogP contribution in [-0.2, 0) is 4.79 Å². The molecule has 1 aromatic carbocycles. The van der Waals surface area contributed by atoms with E-state index < -0.39 is 0 Å². The van der Waals surface area contributed by atoms with E-state index in [-0.39, 0.29) is 5.91 Å². The Hall–Kier alpha value is -1.22. The van der Waals surface area contributed by atoms with Crippen molar-refractivity contribution < 1.29 is 4.79 Å². The number of hydrogen-bond donors (Lipinski definition) is 1. The second-order valence-electron chi connectivity index (χ2n) is 3.50. The predicted molar refractivity (Wildman–Crippen MR) is 69.4 cm³/mol. The van der Waals surface area contributed by atoms with Gasteiger partial charge in [0, 0.05) is 37.3 Å². The van der Waals surface area contributed by atoms with E-state index in [4.69, 9.17) is 11.6 Å². The molecular weight excluding hydrogens is 224 g/mol. The summed E-state index contributed by atoms with van der Waals surface area (Å²) in [4.78, 5) is 13.0. The Morgan fingerprint density at radius 1 is 1.38 bits per heavy atom. The average Bonchev–Trinajstić information content (AvgIpc) is 2.26. The van der Waals surface area contributed by atoms with Gasteiger partial charge in [-0.3, -0.25) is 4.79 Å². The fourth-order valence-electron chi connectivity index (χ4n) is 1.53. The molecule has 0 bridgehead atoms. The predicted octanol–water partition coefficient (Wildman–Crippen LogP) is 2.71. The highest BCUT2D eigenvalue weighted by Gasteiger charge is 2.03. The summed E-state index contributed by atoms with van der Waals surface area (Å²) in [6, 6.07) is 7.77. The lowest BCUT2D eigenvalue weighted by atomic mass is 10.2. The summed E-state index contributed by atoms with van der Waals surface area (Å²) in [7, 11) is 0. The van der Waals surface area contributed by atoms with Crippen molar-refractivity contribution in [3.05, 3.63) is 24.3 Å². The van der Waals surface area contributed by atoms with Crippen LogP contribution in [0.2, 0.25) is 0 Å². The minimum atomic E-state index is -0.0548. The topological polar surface area (TPSA) is 32.3 Å². The van der Waals surface area contributed by atoms with Gasteiger partial charge >= 0.3 is 0 Å². The van der Waals surface area contributed by atoms with Crippen molar-refractivity contribution in [3.63, 3.8) is 0 Å². The molecule has 1 aromatic rings. The van der Waals surface area contributed by atoms with Crippen LogP contribution in [0, 0.1) is 0 Å². The molecule has 4 heteroatoms. The number of halogens is 1. The Balaban J connectivity index is 2.72. The lowest BCUT2D eigenvalue weighted by Gasteiger charge is -2.22. The van der Waals surface area contributed by atoms with Gasteiger partial charge in [0.05, 0.1) is 0 Å². The zero-order valence-corrected chi connectivity index (χ0v) is 10.4. The number of nitrogens with one attached hydrogen (secondary N) is 1. The number of benzene rings is 1. The van der Waals surface area contributed by atoms with Gasteiger partial charge in [0.25, 0.3) is 0 Å². The molecule has 0 unspecified atom stereocenters. The lowest BCUT2D eigenvalue weighted by molar-refractivity contribution is -0.114. The molecular formula is C12H17ClN2O. The minimum Gasteiger partial charge on any atom is -0.371 e. The van der Waals surface area contributed by atoms with Crippen molar-refractivity contribution in [1.29, 1.82) is 0 Å². The largest absolute Gasteiger partial charge is 0.371 e. The van der Waals surface area contributed by atoms with Gasteiger partial charge in [-0.25, -0.2) is 0 Å². The van der Waals surface area contributed by atoms with Gasteiger partial charge in [-0.05, 0) is 31.2 Å². The second kappa shape index (κ2) is 6.38. The van der Waals surface area contributed by atoms with Gasteiger partial charge < -0.3 is 10.2 Å². The van der Waals surface area contributed by atoms with Crippen LogP contribution in [0.15, 0.2) is 24.3 Å². The third-order valence-corrected chi connectivity index (χ3v) is 2.46. The monoisotopic (exact) mass is 240 g/mol. The van der Waals surface area contributed by atoms with E-state index in [1.165, 1.54) is 6.92 Å². The maximum Gasteiger partial charge on any atom is 0.221 e. The van der Waals surface area contributed by atoms with Gasteiger partial charge in [-0.2, -0.15) is 0 Å². The molecule has 0 heterocycles. The molecule has 0 spiro atoms. The summed E-state index contributed by atoms with van der Waals surface area (Å²) >= 11 is 5.73. The Labute approximate surface area is 101 Å². The van der Waals surface area contributed by atoms with E-state index in [2.05, 4.69) is 17.1 Å². The SMILES string of the molecule is CCN(CCCl)c1ccc(NC(C)=O)cc1. The van der Waals surface area contributed by atoms with Crippen molar-refractivity contribution >= 4 is 28.9 Å². The zero-order chi connectivity index (χ0) is 12.0. The maximum atomic E-state index is 10.9. The van der Waals surface area contributed by atoms with Gasteiger partial charge in [0.15, 0.2) is 0 Å². The fraction of sp³-hybridized carbons (Fsp3) is 0.417. The Bertz CT molecular complexity index is 337. The summed E-state index contributed by atoms with van der Waals surface area (Å²) in [6.45, 7) is 5.35. The van der Waals surface area contributed by atoms with Crippen LogP contribution < -0.4 is 10.2 Å². The molecule has 3 nitrogen and oxygen atoms in total. The van der Waals surface area contributed by atoms with Gasteiger partial charge in [-0.15, -0.1) is 11.6 Å². The standard InChI is InChI=1S/C12H17ClN2O/c1-3-15(9-8-13)12-6-4-11(5-7-12)14-10(2)16/h4-7H,3,8-9H2,1-2H3,(H,14,16). The van der Waals surface area contributed by atoms with E-state index >= 15 is 0 Å². The molecule has 88 valence electrons. The highest BCUT2D eigenvalue weighted by Crippen LogP contribution is 2.17. The second-order valence-corrected chi connectivity index (χ2v) is 3.87. The molecule has 1 N–H and O–H groups in total. The molecule has 0 aromatic heterocycles. The molecule has 0 saturated heterocycles. The summed E-state index contributed by atoms with van der Waals surface area (Å²) in [5, 5.41) is 2.74. The molecule has 1 rings (SSSR count). The van der Waals surface area contributed by atoms with Crippen LogP contribution in [-0.4, -0.2) is 24.9 Å². The van der Waals surface area contributed by atoms with Crippen molar-refractivity contribution in [3.8, 4) is 0 Å². The molecule has 1 amide bonds. The van der Waals surface area contributed by atoms with Crippen molar-refractivity contribution in [2.24, 2.45) is 0 Å². The highest BCUT2D eigenvalue weighted by molar-refractivity contribution is 6.18. The van der Waals surface area contributed by atoms with E-state index in [0.29, 0.717) is 5.88 Å². The number of rotatable bonds is 5. The maximum absolute atomic E-state index is 10.9. The van der Waals surface area contributed by atoms with E-state index in [1.807, 2.05) is 24.3 Å². The highest BCUT2D eigenvalue weighted by atomic mass is 35.5. The van der Waals surface area contributed by atoms with Crippen molar-refractivity contribution in [2.45, 2.75) is 13.8 Å². The normalized spacial score (nSPS) is 9.94. The summed E-state index contributed by atoms with van der Waals surface area (Å²) < 4.78 is 0. The average molecular weight is 241 g/mol. The smallest absolute Gasteiger partial charge is 0.221 e. The Morgan fingerprint density at radius 2 is 2.00 bits per heavy atom. The Morgan fingerprint density at radius 3 is 2.44 bits per heavy atom. The van der Waals surface area contributed by atoms with E-state index in [0.717, 1.165) is 24.5 Å². The molecule has 0 aliphatic rings. The van der Waals surface area contributed by atoms with E-state index in [1.54, 1.807) is 0 Å². The van der Waals surface area contributed by atoms with Gasteiger partial charge in [-0.1, -0.05) is 0 Å². The van der Waals surface area contributed by atoms with Crippen LogP contribution >= 0.6 is 11.6 Å². The minimum absolute atomic E-state index is 0.0548. The molecule has 0 atom stereocenters. The van der Waals surface area contributed by atoms with Gasteiger partial charge in [0.1, 0.15) is 0 Å². The quantitative estimate of drug-likeness (QED) is 0.803. The number of hydrogen-bond acceptors (Lipinski definition) is 2. The molecule has 16 heavy (non-hydrogen) atoms. The van der Waals surface area contributed by atoms with Crippen molar-refractivity contribution in [2.75, 3.05) is 29.2 Å². The summed E-state index contributed by atoms with van der Waals surface area (Å²) in [6.07, 6.45) is 0. The zero-order valence-electron chi connectivity index (χ0n) is 9.66. The first-order chi connectivity index (χ1) is 7.67. The number of alkyl halides is 1. The first-order valence-corrected chi connectivity index (χ1v) is 5.89. The first kappa shape index (κ1) is 12.8. The summed E-state index contributed by atoms with van der Waals surface area (Å²) in [5.41, 5.74) is 1.94. The Kier molecular flexibility index (Phi) is 5.12. The van der Waals surface area contributed by atoms with Crippen LogP contribution in [0.5, 0.6) is 0 Å². The molecule has 0 fully saturated rings. The number of carbonyl (C=O) groups excluding carboxylic acids is 1. The third-order valence-electron chi connectivity index (χ3n) is 2.29. The van der Waals surface area contributed by atoms with E-state index in [9.17, 15) is 4.79 Å². The summed E-state index contributed by atoms with van der Waals surface area (Å²) in [5.74, 6) is 0.558. The number of carbonyl (C=O) groups is 1. The molecule has 0 saturated carbocycles. The molecule has 0 aliphatic heterocycles. The molecule has 0 aliphatic carbocycles. The number of amides is 1. The van der Waals surface area contributed by atoms with Crippen LogP contribution in [0.25, 0.3) is 0 Å². The molecule has 0 radical (unpaired) electrons. The van der Waals surface area contributed by atoms with Crippen LogP contribution in [0.1, 0.15) is 13.8 Å². The first-order valence-electron chi connectivity index (χ1n) is 5.36.